The molecule has 0 spiro atoms. The molecule has 0 bridgehead atoms. The first kappa shape index (κ1) is 27.5. The molecule has 2 atom stereocenters. The smallest absolute Gasteiger partial charge is 0.353 e. The standard InChI is InChI=1S/C20H20ClN7O5S4/c21-20-25-9(6-34-5-4-22)19(37-20)36-10-7-35-17-13(16(30)28(17)14(10)18(31)32)26-15(29)12(27-33)8-2-1-3-11(23)24-8/h1-3,13,17,33H,4-7,22H2,(H2,23,24)(H,26,29)(H,31,32)/b27-12-/t13-,17+/m1/s1. The van der Waals surface area contributed by atoms with Gasteiger partial charge in [-0.1, -0.05) is 45.9 Å². The molecular formula is C20H20ClN7O5S4. The summed E-state index contributed by atoms with van der Waals surface area (Å²) in [6.07, 6.45) is 0. The first-order valence-electron chi connectivity index (χ1n) is 10.5. The predicted octanol–water partition coefficient (Wildman–Crippen LogP) is 1.63. The number of carboxylic acids is 1. The number of β-lactam (4-membered cyclic amide) rings is 1. The number of aliphatic carboxylic acids is 1. The summed E-state index contributed by atoms with van der Waals surface area (Å²) in [7, 11) is 0. The molecule has 4 rings (SSSR count). The highest BCUT2D eigenvalue weighted by Gasteiger charge is 2.54. The van der Waals surface area contributed by atoms with Gasteiger partial charge in [0, 0.05) is 28.7 Å². The fourth-order valence-corrected chi connectivity index (χ4v) is 8.51. The fourth-order valence-electron chi connectivity index (χ4n) is 3.52. The van der Waals surface area contributed by atoms with Gasteiger partial charge in [-0.05, 0) is 12.1 Å². The normalized spacial score (nSPS) is 19.5. The van der Waals surface area contributed by atoms with Crippen LogP contribution in [0.15, 0.2) is 38.2 Å². The number of rotatable bonds is 10. The lowest BCUT2D eigenvalue weighted by Crippen LogP contribution is -2.71. The Bertz CT molecular complexity index is 1300. The van der Waals surface area contributed by atoms with Crippen molar-refractivity contribution in [3.63, 3.8) is 0 Å². The Morgan fingerprint density at radius 1 is 1.35 bits per heavy atom. The van der Waals surface area contributed by atoms with Gasteiger partial charge in [0.2, 0.25) is 0 Å². The monoisotopic (exact) mass is 601 g/mol. The van der Waals surface area contributed by atoms with Gasteiger partial charge < -0.3 is 27.1 Å². The van der Waals surface area contributed by atoms with Crippen LogP contribution in [0, 0.1) is 0 Å². The third-order valence-corrected chi connectivity index (χ3v) is 10.1. The number of carbonyl (C=O) groups excluding carboxylic acids is 2. The number of thioether (sulfide) groups is 3. The van der Waals surface area contributed by atoms with Crippen molar-refractivity contribution in [3.8, 4) is 0 Å². The maximum Gasteiger partial charge on any atom is 0.353 e. The summed E-state index contributed by atoms with van der Waals surface area (Å²) < 4.78 is 1.09. The van der Waals surface area contributed by atoms with E-state index in [-0.39, 0.29) is 23.0 Å². The van der Waals surface area contributed by atoms with Crippen LogP contribution in [0.25, 0.3) is 0 Å². The van der Waals surface area contributed by atoms with E-state index in [0.717, 1.165) is 20.6 Å². The molecule has 17 heteroatoms. The van der Waals surface area contributed by atoms with Crippen LogP contribution in [-0.2, 0) is 20.1 Å². The molecule has 37 heavy (non-hydrogen) atoms. The summed E-state index contributed by atoms with van der Waals surface area (Å²) in [4.78, 5) is 47.9. The summed E-state index contributed by atoms with van der Waals surface area (Å²) in [6, 6.07) is 3.45. The molecule has 2 aliphatic heterocycles. The van der Waals surface area contributed by atoms with E-state index in [0.29, 0.717) is 21.7 Å². The van der Waals surface area contributed by atoms with Crippen LogP contribution in [0.4, 0.5) is 5.82 Å². The van der Waals surface area contributed by atoms with E-state index in [9.17, 15) is 24.7 Å². The summed E-state index contributed by atoms with van der Waals surface area (Å²) >= 11 is 11.5. The Labute approximate surface area is 232 Å². The second-order valence-corrected chi connectivity index (χ2v) is 12.6. The molecule has 4 heterocycles. The number of nitrogen functional groups attached to an aromatic ring is 1. The van der Waals surface area contributed by atoms with Gasteiger partial charge in [-0.2, -0.15) is 11.8 Å². The number of hydrogen-bond acceptors (Lipinski definition) is 13. The SMILES string of the molecule is NCCSCc1nc(Cl)sc1SC1=C(C(=O)O)N2C(=O)[C@@H](NC(=O)/C(=N\O)c3cccc(N)n3)[C@@H]2SC1. The van der Waals surface area contributed by atoms with Crippen molar-refractivity contribution >= 4 is 87.5 Å². The zero-order chi connectivity index (χ0) is 26.7. The molecule has 2 aliphatic rings. The van der Waals surface area contributed by atoms with E-state index in [4.69, 9.17) is 23.1 Å². The van der Waals surface area contributed by atoms with Gasteiger partial charge in [0.25, 0.3) is 11.8 Å². The second-order valence-electron chi connectivity index (χ2n) is 7.48. The highest BCUT2D eigenvalue weighted by molar-refractivity contribution is 8.07. The lowest BCUT2D eigenvalue weighted by molar-refractivity contribution is -0.150. The number of carboxylic acid groups (broad SMARTS) is 1. The minimum atomic E-state index is -1.26. The van der Waals surface area contributed by atoms with Crippen LogP contribution in [0.3, 0.4) is 0 Å². The van der Waals surface area contributed by atoms with Crippen LogP contribution in [-0.4, -0.2) is 78.1 Å². The molecule has 7 N–H and O–H groups in total. The molecule has 0 saturated carbocycles. The Balaban J connectivity index is 1.52. The summed E-state index contributed by atoms with van der Waals surface area (Å²) in [5, 5.41) is 24.2. The van der Waals surface area contributed by atoms with Gasteiger partial charge >= 0.3 is 5.97 Å². The summed E-state index contributed by atoms with van der Waals surface area (Å²) in [5.41, 5.74) is 11.4. The molecule has 0 aliphatic carbocycles. The Morgan fingerprint density at radius 2 is 2.14 bits per heavy atom. The lowest BCUT2D eigenvalue weighted by atomic mass is 10.0. The van der Waals surface area contributed by atoms with Gasteiger partial charge in [0.1, 0.15) is 28.6 Å². The van der Waals surface area contributed by atoms with E-state index in [1.807, 2.05) is 0 Å². The van der Waals surface area contributed by atoms with Gasteiger partial charge in [-0.3, -0.25) is 14.5 Å². The Hall–Kier alpha value is -2.50. The highest BCUT2D eigenvalue weighted by Crippen LogP contribution is 2.47. The number of hydrogen-bond donors (Lipinski definition) is 5. The minimum absolute atomic E-state index is 0.0216. The van der Waals surface area contributed by atoms with Crippen molar-refractivity contribution in [3.05, 3.63) is 44.7 Å². The summed E-state index contributed by atoms with van der Waals surface area (Å²) in [6.45, 7) is 0.522. The molecule has 12 nitrogen and oxygen atoms in total. The molecule has 2 amide bonds. The number of anilines is 1. The number of thiazole rings is 1. The van der Waals surface area contributed by atoms with Crippen molar-refractivity contribution in [1.29, 1.82) is 0 Å². The van der Waals surface area contributed by atoms with E-state index in [1.54, 1.807) is 11.8 Å². The third kappa shape index (κ3) is 5.83. The fraction of sp³-hybridized carbons (Fsp3) is 0.300. The van der Waals surface area contributed by atoms with E-state index < -0.39 is 34.9 Å². The van der Waals surface area contributed by atoms with Crippen molar-refractivity contribution in [1.82, 2.24) is 20.2 Å². The van der Waals surface area contributed by atoms with Gasteiger partial charge in [-0.25, -0.2) is 14.8 Å². The van der Waals surface area contributed by atoms with E-state index >= 15 is 0 Å². The largest absolute Gasteiger partial charge is 0.477 e. The molecule has 2 aromatic rings. The van der Waals surface area contributed by atoms with Crippen LogP contribution in [0.5, 0.6) is 0 Å². The average Bonchev–Trinajstić information content (AvgIpc) is 3.21. The van der Waals surface area contributed by atoms with E-state index in [1.165, 1.54) is 53.1 Å². The lowest BCUT2D eigenvalue weighted by Gasteiger charge is -2.49. The number of nitrogens with two attached hydrogens (primary N) is 2. The van der Waals surface area contributed by atoms with Crippen LogP contribution < -0.4 is 16.8 Å². The van der Waals surface area contributed by atoms with Crippen LogP contribution >= 0.6 is 58.2 Å². The van der Waals surface area contributed by atoms with Crippen molar-refractivity contribution in [2.75, 3.05) is 23.8 Å². The predicted molar refractivity (Wildman–Crippen MR) is 145 cm³/mol. The van der Waals surface area contributed by atoms with Crippen molar-refractivity contribution < 1.29 is 24.7 Å². The number of oxime groups is 1. The number of amides is 2. The maximum absolute atomic E-state index is 13.0. The zero-order valence-corrected chi connectivity index (χ0v) is 22.8. The second kappa shape index (κ2) is 11.9. The number of pyridine rings is 1. The Kier molecular flexibility index (Phi) is 8.86. The van der Waals surface area contributed by atoms with Gasteiger partial charge in [0.15, 0.2) is 10.2 Å². The Morgan fingerprint density at radius 3 is 2.81 bits per heavy atom. The molecular weight excluding hydrogens is 582 g/mol. The number of nitrogens with zero attached hydrogens (tertiary/aromatic N) is 4. The molecule has 2 aromatic heterocycles. The number of aromatic nitrogens is 2. The quantitative estimate of drug-likeness (QED) is 0.0868. The minimum Gasteiger partial charge on any atom is -0.477 e. The first-order valence-corrected chi connectivity index (χ1v) is 14.7. The average molecular weight is 602 g/mol. The van der Waals surface area contributed by atoms with E-state index in [2.05, 4.69) is 20.4 Å². The zero-order valence-electron chi connectivity index (χ0n) is 18.8. The van der Waals surface area contributed by atoms with Crippen LogP contribution in [0.2, 0.25) is 4.47 Å². The van der Waals surface area contributed by atoms with Gasteiger partial charge in [0.05, 0.1) is 9.90 Å². The van der Waals surface area contributed by atoms with Crippen molar-refractivity contribution in [2.45, 2.75) is 21.4 Å². The first-order chi connectivity index (χ1) is 17.7. The molecule has 0 radical (unpaired) electrons. The number of carbonyl (C=O) groups is 3. The third-order valence-electron chi connectivity index (χ3n) is 5.10. The molecule has 196 valence electrons. The maximum atomic E-state index is 13.0. The summed E-state index contributed by atoms with van der Waals surface area (Å²) in [5.74, 6) is -0.991. The molecule has 0 aromatic carbocycles. The number of halogens is 1. The topological polar surface area (TPSA) is 197 Å². The van der Waals surface area contributed by atoms with Gasteiger partial charge in [-0.15, -0.1) is 11.8 Å². The number of fused-ring (bicyclic) bond motifs is 1. The van der Waals surface area contributed by atoms with Crippen LogP contribution in [0.1, 0.15) is 11.4 Å². The highest BCUT2D eigenvalue weighted by atomic mass is 35.5. The van der Waals surface area contributed by atoms with Crippen molar-refractivity contribution in [2.24, 2.45) is 10.9 Å². The number of nitrogens with one attached hydrogen (secondary N) is 1. The molecule has 0 unspecified atom stereocenters. The molecule has 1 saturated heterocycles. The molecule has 1 fully saturated rings.